The highest BCUT2D eigenvalue weighted by molar-refractivity contribution is 6.31. The summed E-state index contributed by atoms with van der Waals surface area (Å²) in [4.78, 5) is 26.4. The van der Waals surface area contributed by atoms with Gasteiger partial charge in [0.05, 0.1) is 18.5 Å². The summed E-state index contributed by atoms with van der Waals surface area (Å²) in [6, 6.07) is 6.35. The van der Waals surface area contributed by atoms with Gasteiger partial charge >= 0.3 is 5.69 Å². The van der Waals surface area contributed by atoms with Crippen LogP contribution in [0.4, 0.5) is 0 Å². The summed E-state index contributed by atoms with van der Waals surface area (Å²) in [5.74, 6) is 0.295. The molecule has 1 aromatic carbocycles. The van der Waals surface area contributed by atoms with E-state index in [9.17, 15) is 9.90 Å². The number of H-pyrrole nitrogens is 1. The zero-order valence-corrected chi connectivity index (χ0v) is 12.7. The maximum Gasteiger partial charge on any atom is 0.346 e. The summed E-state index contributed by atoms with van der Waals surface area (Å²) >= 11 is 6.00. The van der Waals surface area contributed by atoms with Crippen LogP contribution in [0.2, 0.25) is 5.15 Å². The van der Waals surface area contributed by atoms with Crippen molar-refractivity contribution in [3.05, 3.63) is 52.3 Å². The fourth-order valence-corrected chi connectivity index (χ4v) is 2.27. The van der Waals surface area contributed by atoms with Crippen LogP contribution in [0.25, 0.3) is 22.6 Å². The van der Waals surface area contributed by atoms with Gasteiger partial charge in [0.15, 0.2) is 16.7 Å². The van der Waals surface area contributed by atoms with Gasteiger partial charge in [-0.1, -0.05) is 11.6 Å². The number of aromatic nitrogens is 4. The van der Waals surface area contributed by atoms with Crippen LogP contribution in [0.15, 0.2) is 41.5 Å². The van der Waals surface area contributed by atoms with Gasteiger partial charge in [0.25, 0.3) is 0 Å². The molecule has 2 heterocycles. The van der Waals surface area contributed by atoms with Crippen LogP contribution in [0.1, 0.15) is 0 Å². The first-order valence-corrected chi connectivity index (χ1v) is 6.92. The first kappa shape index (κ1) is 15.0. The van der Waals surface area contributed by atoms with Gasteiger partial charge in [-0.2, -0.15) is 4.98 Å². The van der Waals surface area contributed by atoms with E-state index in [1.165, 1.54) is 25.6 Å². The molecular weight excluding hydrogens is 320 g/mol. The Hall–Kier alpha value is -2.93. The smallest absolute Gasteiger partial charge is 0.346 e. The molecule has 0 radical (unpaired) electrons. The zero-order valence-electron chi connectivity index (χ0n) is 11.9. The second-order valence-electron chi connectivity index (χ2n) is 4.57. The lowest BCUT2D eigenvalue weighted by Gasteiger charge is -2.08. The molecule has 3 aromatic rings. The Bertz CT molecular complexity index is 927. The van der Waals surface area contributed by atoms with Gasteiger partial charge in [0, 0.05) is 18.0 Å². The Morgan fingerprint density at radius 1 is 1.22 bits per heavy atom. The molecule has 0 unspecified atom stereocenters. The van der Waals surface area contributed by atoms with Crippen LogP contribution in [0, 0.1) is 0 Å². The molecule has 0 spiro atoms. The van der Waals surface area contributed by atoms with E-state index in [1.807, 2.05) is 0 Å². The highest BCUT2D eigenvalue weighted by Gasteiger charge is 2.12. The third kappa shape index (κ3) is 3.00. The predicted octanol–water partition coefficient (Wildman–Crippen LogP) is 2.26. The second-order valence-corrected chi connectivity index (χ2v) is 4.93. The van der Waals surface area contributed by atoms with Crippen molar-refractivity contribution in [1.82, 2.24) is 19.9 Å². The van der Waals surface area contributed by atoms with E-state index in [1.54, 1.807) is 18.2 Å². The van der Waals surface area contributed by atoms with Crippen molar-refractivity contribution in [1.29, 1.82) is 0 Å². The summed E-state index contributed by atoms with van der Waals surface area (Å²) in [5, 5.41) is 9.81. The SMILES string of the molecule is COc1cc(-c2cc(-c3nccnc3Cl)nc(=O)[nH]2)ccc1O. The summed E-state index contributed by atoms with van der Waals surface area (Å²) < 4.78 is 5.07. The number of hydrogen-bond acceptors (Lipinski definition) is 6. The molecule has 7 nitrogen and oxygen atoms in total. The number of aromatic hydroxyl groups is 1. The minimum atomic E-state index is -0.550. The molecule has 0 atom stereocenters. The largest absolute Gasteiger partial charge is 0.504 e. The summed E-state index contributed by atoms with van der Waals surface area (Å²) in [6.07, 6.45) is 2.91. The molecule has 8 heteroatoms. The Morgan fingerprint density at radius 2 is 2.00 bits per heavy atom. The lowest BCUT2D eigenvalue weighted by atomic mass is 10.1. The van der Waals surface area contributed by atoms with Crippen LogP contribution >= 0.6 is 11.6 Å². The molecule has 0 aliphatic heterocycles. The van der Waals surface area contributed by atoms with Crippen molar-refractivity contribution in [2.24, 2.45) is 0 Å². The molecule has 3 rings (SSSR count). The maximum atomic E-state index is 11.9. The van der Waals surface area contributed by atoms with E-state index < -0.39 is 5.69 Å². The van der Waals surface area contributed by atoms with E-state index in [0.717, 1.165) is 0 Å². The van der Waals surface area contributed by atoms with Crippen LogP contribution in [0.5, 0.6) is 11.5 Å². The number of rotatable bonds is 3. The Morgan fingerprint density at radius 3 is 2.74 bits per heavy atom. The van der Waals surface area contributed by atoms with Gasteiger partial charge in [-0.3, -0.25) is 0 Å². The standard InChI is InChI=1S/C15H11ClN4O3/c1-23-12-6-8(2-3-11(12)21)9-7-10(20-15(22)19-9)13-14(16)18-5-4-17-13/h2-7,21H,1H3,(H,19,20,22). The average Bonchev–Trinajstić information content (AvgIpc) is 2.55. The van der Waals surface area contributed by atoms with E-state index >= 15 is 0 Å². The van der Waals surface area contributed by atoms with E-state index in [2.05, 4.69) is 19.9 Å². The molecule has 0 amide bonds. The van der Waals surface area contributed by atoms with Crippen molar-refractivity contribution >= 4 is 11.6 Å². The molecule has 0 bridgehead atoms. The molecule has 0 fully saturated rings. The number of ether oxygens (including phenoxy) is 1. The first-order valence-electron chi connectivity index (χ1n) is 6.54. The number of nitrogens with zero attached hydrogens (tertiary/aromatic N) is 3. The number of hydrogen-bond donors (Lipinski definition) is 2. The van der Waals surface area contributed by atoms with Gasteiger partial charge in [-0.15, -0.1) is 0 Å². The summed E-state index contributed by atoms with van der Waals surface area (Å²) in [6.45, 7) is 0. The highest BCUT2D eigenvalue weighted by Crippen LogP contribution is 2.31. The van der Waals surface area contributed by atoms with E-state index in [0.29, 0.717) is 28.4 Å². The number of methoxy groups -OCH3 is 1. The molecule has 0 aliphatic carbocycles. The second kappa shape index (κ2) is 6.05. The summed E-state index contributed by atoms with van der Waals surface area (Å²) in [5.41, 5.74) is 1.19. The van der Waals surface area contributed by atoms with Gasteiger partial charge in [-0.25, -0.2) is 14.8 Å². The van der Waals surface area contributed by atoms with Crippen LogP contribution in [0.3, 0.4) is 0 Å². The Kier molecular flexibility index (Phi) is 3.94. The number of phenols is 1. The van der Waals surface area contributed by atoms with Gasteiger partial charge in [-0.05, 0) is 24.3 Å². The van der Waals surface area contributed by atoms with Crippen molar-refractivity contribution in [2.45, 2.75) is 0 Å². The fourth-order valence-electron chi connectivity index (χ4n) is 2.07. The molecule has 0 aliphatic rings. The predicted molar refractivity (Wildman–Crippen MR) is 84.5 cm³/mol. The quantitative estimate of drug-likeness (QED) is 0.764. The first-order chi connectivity index (χ1) is 11.1. The number of benzene rings is 1. The number of aromatic amines is 1. The molecule has 0 saturated carbocycles. The Balaban J connectivity index is 2.15. The normalized spacial score (nSPS) is 10.5. The molecule has 23 heavy (non-hydrogen) atoms. The third-order valence-electron chi connectivity index (χ3n) is 3.13. The number of halogens is 1. The lowest BCUT2D eigenvalue weighted by Crippen LogP contribution is -2.12. The van der Waals surface area contributed by atoms with Crippen molar-refractivity contribution in [3.8, 4) is 34.1 Å². The van der Waals surface area contributed by atoms with Crippen LogP contribution in [-0.4, -0.2) is 32.2 Å². The van der Waals surface area contributed by atoms with E-state index in [-0.39, 0.29) is 10.9 Å². The molecular formula is C15H11ClN4O3. The summed E-state index contributed by atoms with van der Waals surface area (Å²) in [7, 11) is 1.44. The molecule has 2 N–H and O–H groups in total. The lowest BCUT2D eigenvalue weighted by molar-refractivity contribution is 0.373. The van der Waals surface area contributed by atoms with Crippen molar-refractivity contribution in [3.63, 3.8) is 0 Å². The maximum absolute atomic E-state index is 11.9. The average molecular weight is 331 g/mol. The molecule has 0 saturated heterocycles. The minimum Gasteiger partial charge on any atom is -0.504 e. The highest BCUT2D eigenvalue weighted by atomic mass is 35.5. The molecule has 116 valence electrons. The number of phenolic OH excluding ortho intramolecular Hbond substituents is 1. The minimum absolute atomic E-state index is 0.00449. The zero-order chi connectivity index (χ0) is 16.4. The van der Waals surface area contributed by atoms with Crippen LogP contribution < -0.4 is 10.4 Å². The van der Waals surface area contributed by atoms with Gasteiger partial charge in [0.1, 0.15) is 5.69 Å². The van der Waals surface area contributed by atoms with Crippen molar-refractivity contribution < 1.29 is 9.84 Å². The topological polar surface area (TPSA) is 101 Å². The third-order valence-corrected chi connectivity index (χ3v) is 3.41. The molecule has 2 aromatic heterocycles. The van der Waals surface area contributed by atoms with Crippen molar-refractivity contribution in [2.75, 3.05) is 7.11 Å². The fraction of sp³-hybridized carbons (Fsp3) is 0.0667. The van der Waals surface area contributed by atoms with Crippen LogP contribution in [-0.2, 0) is 0 Å². The Labute approximate surface area is 135 Å². The van der Waals surface area contributed by atoms with E-state index in [4.69, 9.17) is 16.3 Å². The monoisotopic (exact) mass is 330 g/mol. The number of nitrogens with one attached hydrogen (secondary N) is 1. The van der Waals surface area contributed by atoms with Gasteiger partial charge in [0.2, 0.25) is 0 Å². The van der Waals surface area contributed by atoms with Gasteiger partial charge < -0.3 is 14.8 Å².